The van der Waals surface area contributed by atoms with E-state index in [9.17, 15) is 10.2 Å². The highest BCUT2D eigenvalue weighted by molar-refractivity contribution is 5.17. The zero-order valence-corrected chi connectivity index (χ0v) is 8.77. The van der Waals surface area contributed by atoms with Crippen molar-refractivity contribution in [2.75, 3.05) is 0 Å². The molecule has 0 aliphatic rings. The molecular formula is C12H18O2. The van der Waals surface area contributed by atoms with Crippen LogP contribution >= 0.6 is 0 Å². The van der Waals surface area contributed by atoms with E-state index in [1.165, 1.54) is 0 Å². The largest absolute Gasteiger partial charge is 0.390 e. The molecule has 1 atom stereocenters. The summed E-state index contributed by atoms with van der Waals surface area (Å²) in [6, 6.07) is 9.53. The van der Waals surface area contributed by atoms with Gasteiger partial charge in [0.2, 0.25) is 0 Å². The van der Waals surface area contributed by atoms with Crippen LogP contribution in [0.3, 0.4) is 0 Å². The molecule has 78 valence electrons. The van der Waals surface area contributed by atoms with Crippen molar-refractivity contribution in [2.24, 2.45) is 0 Å². The minimum atomic E-state index is -0.699. The molecule has 0 saturated heterocycles. The Balaban J connectivity index is 2.48. The summed E-state index contributed by atoms with van der Waals surface area (Å²) in [7, 11) is 0. The highest BCUT2D eigenvalue weighted by Crippen LogP contribution is 2.21. The molecule has 0 heterocycles. The van der Waals surface area contributed by atoms with Gasteiger partial charge >= 0.3 is 0 Å². The SMILES string of the molecule is CC(C)(O)CC[C@H](O)c1ccccc1. The maximum absolute atomic E-state index is 9.77. The predicted octanol–water partition coefficient (Wildman–Crippen LogP) is 2.27. The summed E-state index contributed by atoms with van der Waals surface area (Å²) in [5.41, 5.74) is 0.215. The number of hydrogen-bond donors (Lipinski definition) is 2. The molecule has 2 N–H and O–H groups in total. The van der Waals surface area contributed by atoms with E-state index in [0.717, 1.165) is 5.56 Å². The zero-order valence-electron chi connectivity index (χ0n) is 8.77. The second kappa shape index (κ2) is 4.58. The van der Waals surface area contributed by atoms with Crippen molar-refractivity contribution < 1.29 is 10.2 Å². The molecule has 0 radical (unpaired) electrons. The molecule has 0 bridgehead atoms. The normalized spacial score (nSPS) is 14.0. The van der Waals surface area contributed by atoms with Gasteiger partial charge in [-0.2, -0.15) is 0 Å². The van der Waals surface area contributed by atoms with Crippen LogP contribution < -0.4 is 0 Å². The van der Waals surface area contributed by atoms with Crippen LogP contribution in [0, 0.1) is 0 Å². The molecule has 0 aliphatic carbocycles. The van der Waals surface area contributed by atoms with Gasteiger partial charge in [0.05, 0.1) is 11.7 Å². The van der Waals surface area contributed by atoms with Gasteiger partial charge in [0.15, 0.2) is 0 Å². The number of benzene rings is 1. The molecule has 0 amide bonds. The molecule has 2 nitrogen and oxygen atoms in total. The van der Waals surface area contributed by atoms with Gasteiger partial charge in [-0.15, -0.1) is 0 Å². The quantitative estimate of drug-likeness (QED) is 0.772. The van der Waals surface area contributed by atoms with Crippen LogP contribution in [-0.4, -0.2) is 15.8 Å². The van der Waals surface area contributed by atoms with Gasteiger partial charge in [0, 0.05) is 0 Å². The van der Waals surface area contributed by atoms with Crippen molar-refractivity contribution in [3.05, 3.63) is 35.9 Å². The Morgan fingerprint density at radius 2 is 1.79 bits per heavy atom. The molecular weight excluding hydrogens is 176 g/mol. The third kappa shape index (κ3) is 3.90. The van der Waals surface area contributed by atoms with Gasteiger partial charge in [-0.1, -0.05) is 30.3 Å². The van der Waals surface area contributed by atoms with Gasteiger partial charge in [-0.05, 0) is 32.3 Å². The van der Waals surface area contributed by atoms with Crippen LogP contribution in [0.5, 0.6) is 0 Å². The Morgan fingerprint density at radius 1 is 1.21 bits per heavy atom. The first kappa shape index (κ1) is 11.2. The summed E-state index contributed by atoms with van der Waals surface area (Å²) in [4.78, 5) is 0. The van der Waals surface area contributed by atoms with Gasteiger partial charge in [-0.25, -0.2) is 0 Å². The highest BCUT2D eigenvalue weighted by atomic mass is 16.3. The zero-order chi connectivity index (χ0) is 10.6. The lowest BCUT2D eigenvalue weighted by atomic mass is 9.97. The molecule has 0 spiro atoms. The third-order valence-electron chi connectivity index (χ3n) is 2.21. The monoisotopic (exact) mass is 194 g/mol. The number of aliphatic hydroxyl groups excluding tert-OH is 1. The summed E-state index contributed by atoms with van der Waals surface area (Å²) in [6.45, 7) is 3.51. The number of rotatable bonds is 4. The average Bonchev–Trinajstić information content (AvgIpc) is 2.14. The Labute approximate surface area is 85.2 Å². The summed E-state index contributed by atoms with van der Waals surface area (Å²) in [6.07, 6.45) is 0.721. The lowest BCUT2D eigenvalue weighted by Crippen LogP contribution is -2.19. The van der Waals surface area contributed by atoms with E-state index in [-0.39, 0.29) is 0 Å². The van der Waals surface area contributed by atoms with Crippen LogP contribution in [0.2, 0.25) is 0 Å². The first-order chi connectivity index (χ1) is 6.49. The lowest BCUT2D eigenvalue weighted by Gasteiger charge is -2.19. The van der Waals surface area contributed by atoms with Crippen molar-refractivity contribution in [1.82, 2.24) is 0 Å². The molecule has 2 heteroatoms. The minimum Gasteiger partial charge on any atom is -0.390 e. The minimum absolute atomic E-state index is 0.470. The molecule has 0 fully saturated rings. The van der Waals surface area contributed by atoms with Gasteiger partial charge in [0.1, 0.15) is 0 Å². The Bertz CT molecular complexity index is 261. The summed E-state index contributed by atoms with van der Waals surface area (Å²) in [5.74, 6) is 0. The van der Waals surface area contributed by atoms with E-state index in [0.29, 0.717) is 12.8 Å². The topological polar surface area (TPSA) is 40.5 Å². The van der Waals surface area contributed by atoms with E-state index in [2.05, 4.69) is 0 Å². The van der Waals surface area contributed by atoms with E-state index < -0.39 is 11.7 Å². The third-order valence-corrected chi connectivity index (χ3v) is 2.21. The fourth-order valence-corrected chi connectivity index (χ4v) is 1.33. The fraction of sp³-hybridized carbons (Fsp3) is 0.500. The predicted molar refractivity (Wildman–Crippen MR) is 56.9 cm³/mol. The van der Waals surface area contributed by atoms with Crippen molar-refractivity contribution in [2.45, 2.75) is 38.4 Å². The van der Waals surface area contributed by atoms with Crippen LogP contribution in [0.1, 0.15) is 38.4 Å². The molecule has 1 aromatic rings. The van der Waals surface area contributed by atoms with Crippen LogP contribution in [-0.2, 0) is 0 Å². The molecule has 14 heavy (non-hydrogen) atoms. The van der Waals surface area contributed by atoms with Crippen molar-refractivity contribution in [3.63, 3.8) is 0 Å². The molecule has 0 saturated carbocycles. The number of hydrogen-bond acceptors (Lipinski definition) is 2. The van der Waals surface area contributed by atoms with E-state index in [1.54, 1.807) is 13.8 Å². The maximum atomic E-state index is 9.77. The van der Waals surface area contributed by atoms with Crippen LogP contribution in [0.15, 0.2) is 30.3 Å². The standard InChI is InChI=1S/C12H18O2/c1-12(2,14)9-8-11(13)10-6-4-3-5-7-10/h3-7,11,13-14H,8-9H2,1-2H3/t11-/m0/s1. The van der Waals surface area contributed by atoms with E-state index in [1.807, 2.05) is 30.3 Å². The molecule has 0 aliphatic heterocycles. The second-order valence-electron chi connectivity index (χ2n) is 4.28. The molecule has 1 aromatic carbocycles. The van der Waals surface area contributed by atoms with Gasteiger partial charge in [-0.3, -0.25) is 0 Å². The average molecular weight is 194 g/mol. The van der Waals surface area contributed by atoms with Crippen LogP contribution in [0.25, 0.3) is 0 Å². The molecule has 0 unspecified atom stereocenters. The van der Waals surface area contributed by atoms with E-state index in [4.69, 9.17) is 0 Å². The fourth-order valence-electron chi connectivity index (χ4n) is 1.33. The first-order valence-corrected chi connectivity index (χ1v) is 4.94. The number of aliphatic hydroxyl groups is 2. The second-order valence-corrected chi connectivity index (χ2v) is 4.28. The summed E-state index contributed by atoms with van der Waals surface area (Å²) < 4.78 is 0. The molecule has 0 aromatic heterocycles. The van der Waals surface area contributed by atoms with Crippen molar-refractivity contribution in [3.8, 4) is 0 Å². The maximum Gasteiger partial charge on any atom is 0.0791 e. The Hall–Kier alpha value is -0.860. The van der Waals surface area contributed by atoms with E-state index >= 15 is 0 Å². The van der Waals surface area contributed by atoms with Gasteiger partial charge < -0.3 is 10.2 Å². The van der Waals surface area contributed by atoms with Crippen molar-refractivity contribution >= 4 is 0 Å². The Morgan fingerprint density at radius 3 is 2.29 bits per heavy atom. The summed E-state index contributed by atoms with van der Waals surface area (Å²) in [5, 5.41) is 19.3. The molecule has 1 rings (SSSR count). The smallest absolute Gasteiger partial charge is 0.0791 e. The van der Waals surface area contributed by atoms with Crippen LogP contribution in [0.4, 0.5) is 0 Å². The summed E-state index contributed by atoms with van der Waals surface area (Å²) >= 11 is 0. The van der Waals surface area contributed by atoms with Gasteiger partial charge in [0.25, 0.3) is 0 Å². The highest BCUT2D eigenvalue weighted by Gasteiger charge is 2.15. The first-order valence-electron chi connectivity index (χ1n) is 4.94. The van der Waals surface area contributed by atoms with Crippen molar-refractivity contribution in [1.29, 1.82) is 0 Å². The Kier molecular flexibility index (Phi) is 3.67. The lowest BCUT2D eigenvalue weighted by molar-refractivity contribution is 0.0485.